The molecule has 0 heterocycles. The molecule has 0 radical (unpaired) electrons. The van der Waals surface area contributed by atoms with Gasteiger partial charge in [0.05, 0.1) is 13.2 Å². The largest absolute Gasteiger partial charge is 0.392 e. The SMILES string of the molecule is OC/C=C/CO.OCC#CCO. The van der Waals surface area contributed by atoms with Gasteiger partial charge in [-0.2, -0.15) is 0 Å². The van der Waals surface area contributed by atoms with Crippen molar-refractivity contribution in [1.82, 2.24) is 0 Å². The lowest BCUT2D eigenvalue weighted by atomic mass is 10.5. The van der Waals surface area contributed by atoms with Gasteiger partial charge in [-0.15, -0.1) is 0 Å². The van der Waals surface area contributed by atoms with Gasteiger partial charge >= 0.3 is 0 Å². The van der Waals surface area contributed by atoms with Crippen molar-refractivity contribution in [1.29, 1.82) is 0 Å². The molecule has 0 unspecified atom stereocenters. The van der Waals surface area contributed by atoms with Crippen LogP contribution in [0.15, 0.2) is 12.2 Å². The lowest BCUT2D eigenvalue weighted by molar-refractivity contribution is 0.329. The van der Waals surface area contributed by atoms with Crippen molar-refractivity contribution in [3.63, 3.8) is 0 Å². The summed E-state index contributed by atoms with van der Waals surface area (Å²) < 4.78 is 0. The molecule has 12 heavy (non-hydrogen) atoms. The Balaban J connectivity index is 0. The molecule has 0 saturated carbocycles. The molecule has 4 heteroatoms. The Hall–Kier alpha value is -0.860. The van der Waals surface area contributed by atoms with E-state index >= 15 is 0 Å². The fraction of sp³-hybridized carbons (Fsp3) is 0.500. The zero-order chi connectivity index (χ0) is 9.66. The summed E-state index contributed by atoms with van der Waals surface area (Å²) in [5.41, 5.74) is 0. The Morgan fingerprint density at radius 1 is 0.750 bits per heavy atom. The second-order valence-electron chi connectivity index (χ2n) is 1.51. The first-order valence-corrected chi connectivity index (χ1v) is 3.37. The number of rotatable bonds is 2. The van der Waals surface area contributed by atoms with E-state index in [-0.39, 0.29) is 26.4 Å². The maximum absolute atomic E-state index is 8.00. The predicted molar refractivity (Wildman–Crippen MR) is 45.3 cm³/mol. The molecule has 4 nitrogen and oxygen atoms in total. The molecule has 0 aliphatic rings. The summed E-state index contributed by atoms with van der Waals surface area (Å²) in [6.07, 6.45) is 2.97. The molecule has 0 aliphatic heterocycles. The van der Waals surface area contributed by atoms with Gasteiger partial charge in [0.1, 0.15) is 13.2 Å². The van der Waals surface area contributed by atoms with Gasteiger partial charge in [0.2, 0.25) is 0 Å². The Morgan fingerprint density at radius 3 is 1.25 bits per heavy atom. The van der Waals surface area contributed by atoms with Crippen molar-refractivity contribution in [3.05, 3.63) is 12.2 Å². The monoisotopic (exact) mass is 174 g/mol. The number of hydrogen-bond acceptors (Lipinski definition) is 4. The van der Waals surface area contributed by atoms with Crippen molar-refractivity contribution in [2.24, 2.45) is 0 Å². The second kappa shape index (κ2) is 16.6. The van der Waals surface area contributed by atoms with E-state index in [1.165, 1.54) is 12.2 Å². The fourth-order valence-electron chi connectivity index (χ4n) is 0.261. The molecular formula is C8H14O4. The van der Waals surface area contributed by atoms with E-state index in [0.29, 0.717) is 0 Å². The van der Waals surface area contributed by atoms with E-state index in [1.54, 1.807) is 0 Å². The van der Waals surface area contributed by atoms with Crippen molar-refractivity contribution >= 4 is 0 Å². The fourth-order valence-corrected chi connectivity index (χ4v) is 0.261. The Labute approximate surface area is 71.8 Å². The second-order valence-corrected chi connectivity index (χ2v) is 1.51. The van der Waals surface area contributed by atoms with Gasteiger partial charge in [-0.25, -0.2) is 0 Å². The summed E-state index contributed by atoms with van der Waals surface area (Å²) in [6.45, 7) is -0.303. The van der Waals surface area contributed by atoms with Crippen LogP contribution in [0, 0.1) is 11.8 Å². The van der Waals surface area contributed by atoms with Crippen LogP contribution >= 0.6 is 0 Å². The van der Waals surface area contributed by atoms with Crippen molar-refractivity contribution < 1.29 is 20.4 Å². The van der Waals surface area contributed by atoms with Gasteiger partial charge in [-0.3, -0.25) is 0 Å². The van der Waals surface area contributed by atoms with Gasteiger partial charge in [-0.05, 0) is 0 Å². The van der Waals surface area contributed by atoms with Gasteiger partial charge in [-0.1, -0.05) is 24.0 Å². The standard InChI is InChI=1S/C4H8O2.C4H6O2/c2*5-3-1-2-4-6/h1-2,5-6H,3-4H2;5-6H,3-4H2/b2-1+;. The molecular weight excluding hydrogens is 160 g/mol. The molecule has 0 aromatic rings. The summed E-state index contributed by atoms with van der Waals surface area (Å²) >= 11 is 0. The van der Waals surface area contributed by atoms with Crippen molar-refractivity contribution in [2.45, 2.75) is 0 Å². The Morgan fingerprint density at radius 2 is 1.08 bits per heavy atom. The topological polar surface area (TPSA) is 80.9 Å². The zero-order valence-corrected chi connectivity index (χ0v) is 6.77. The van der Waals surface area contributed by atoms with Gasteiger partial charge in [0.15, 0.2) is 0 Å². The van der Waals surface area contributed by atoms with Crippen molar-refractivity contribution in [3.8, 4) is 11.8 Å². The Kier molecular flexibility index (Phi) is 19.0. The van der Waals surface area contributed by atoms with E-state index in [2.05, 4.69) is 11.8 Å². The number of hydrogen-bond donors (Lipinski definition) is 4. The molecule has 0 bridgehead atoms. The minimum absolute atomic E-state index is 0.0144. The summed E-state index contributed by atoms with van der Waals surface area (Å²) in [6, 6.07) is 0. The van der Waals surface area contributed by atoms with E-state index < -0.39 is 0 Å². The van der Waals surface area contributed by atoms with Crippen LogP contribution in [-0.4, -0.2) is 46.9 Å². The van der Waals surface area contributed by atoms with E-state index in [4.69, 9.17) is 20.4 Å². The smallest absolute Gasteiger partial charge is 0.104 e. The lowest BCUT2D eigenvalue weighted by Crippen LogP contribution is -1.74. The maximum Gasteiger partial charge on any atom is 0.104 e. The van der Waals surface area contributed by atoms with Crippen LogP contribution < -0.4 is 0 Å². The van der Waals surface area contributed by atoms with Crippen LogP contribution in [0.2, 0.25) is 0 Å². The molecule has 4 N–H and O–H groups in total. The summed E-state index contributed by atoms with van der Waals surface area (Å²) in [5.74, 6) is 4.51. The molecule has 0 spiro atoms. The van der Waals surface area contributed by atoms with Crippen LogP contribution in [-0.2, 0) is 0 Å². The number of aliphatic hydroxyl groups excluding tert-OH is 4. The van der Waals surface area contributed by atoms with Crippen LogP contribution in [0.4, 0.5) is 0 Å². The summed E-state index contributed by atoms with van der Waals surface area (Å²) in [5, 5.41) is 31.8. The van der Waals surface area contributed by atoms with Crippen molar-refractivity contribution in [2.75, 3.05) is 26.4 Å². The molecule has 0 atom stereocenters. The minimum Gasteiger partial charge on any atom is -0.392 e. The highest BCUT2D eigenvalue weighted by molar-refractivity contribution is 4.97. The molecule has 0 amide bonds. The zero-order valence-electron chi connectivity index (χ0n) is 6.77. The molecule has 0 aromatic heterocycles. The van der Waals surface area contributed by atoms with Gasteiger partial charge < -0.3 is 20.4 Å². The van der Waals surface area contributed by atoms with Gasteiger partial charge in [0.25, 0.3) is 0 Å². The molecule has 0 saturated heterocycles. The maximum atomic E-state index is 8.00. The first-order chi connectivity index (χ1) is 5.83. The summed E-state index contributed by atoms with van der Waals surface area (Å²) in [7, 11) is 0. The van der Waals surface area contributed by atoms with Crippen LogP contribution in [0.3, 0.4) is 0 Å². The lowest BCUT2D eigenvalue weighted by Gasteiger charge is -1.73. The molecule has 0 aliphatic carbocycles. The average Bonchev–Trinajstić information content (AvgIpc) is 2.12. The third-order valence-electron chi connectivity index (χ3n) is 0.661. The molecule has 70 valence electrons. The first-order valence-electron chi connectivity index (χ1n) is 3.37. The Bertz CT molecular complexity index is 129. The quantitative estimate of drug-likeness (QED) is 0.303. The average molecular weight is 174 g/mol. The minimum atomic E-state index is -0.166. The normalized spacial score (nSPS) is 8.33. The van der Waals surface area contributed by atoms with Crippen LogP contribution in [0.5, 0.6) is 0 Å². The molecule has 0 aromatic carbocycles. The van der Waals surface area contributed by atoms with Crippen LogP contribution in [0.1, 0.15) is 0 Å². The highest BCUT2D eigenvalue weighted by Crippen LogP contribution is 1.63. The van der Waals surface area contributed by atoms with E-state index in [0.717, 1.165) is 0 Å². The number of aliphatic hydroxyl groups is 4. The molecule has 0 rings (SSSR count). The highest BCUT2D eigenvalue weighted by atomic mass is 16.3. The third kappa shape index (κ3) is 22.9. The van der Waals surface area contributed by atoms with Crippen LogP contribution in [0.25, 0.3) is 0 Å². The third-order valence-corrected chi connectivity index (χ3v) is 0.661. The first kappa shape index (κ1) is 13.7. The van der Waals surface area contributed by atoms with E-state index in [1.807, 2.05) is 0 Å². The summed E-state index contributed by atoms with van der Waals surface area (Å²) in [4.78, 5) is 0. The van der Waals surface area contributed by atoms with Gasteiger partial charge in [0, 0.05) is 0 Å². The predicted octanol–water partition coefficient (Wildman–Crippen LogP) is -1.50. The highest BCUT2D eigenvalue weighted by Gasteiger charge is 1.61. The van der Waals surface area contributed by atoms with E-state index in [9.17, 15) is 0 Å². The molecule has 0 fully saturated rings.